The molecule has 3 heteroatoms. The van der Waals surface area contributed by atoms with Gasteiger partial charge in [0.1, 0.15) is 12.4 Å². The Morgan fingerprint density at radius 2 is 1.86 bits per heavy atom. The van der Waals surface area contributed by atoms with Crippen LogP contribution in [0.2, 0.25) is 5.02 Å². The van der Waals surface area contributed by atoms with E-state index in [1.165, 1.54) is 5.56 Å². The average Bonchev–Trinajstić information content (AvgIpc) is 3.16. The van der Waals surface area contributed by atoms with Crippen LogP contribution in [0.3, 0.4) is 0 Å². The smallest absolute Gasteiger partial charge is 0.141 e. The Kier molecular flexibility index (Phi) is 3.92. The lowest BCUT2D eigenvalue weighted by molar-refractivity contribution is 0.304. The number of ether oxygens (including phenoxy) is 1. The van der Waals surface area contributed by atoms with Crippen LogP contribution in [0.25, 0.3) is 0 Å². The molecule has 0 bridgehead atoms. The van der Waals surface area contributed by atoms with Crippen molar-refractivity contribution in [2.45, 2.75) is 38.3 Å². The minimum absolute atomic E-state index is 0.00216. The summed E-state index contributed by atoms with van der Waals surface area (Å²) in [6.45, 7) is 2.56. The fraction of sp³-hybridized carbons (Fsp3) is 0.333. The van der Waals surface area contributed by atoms with Crippen molar-refractivity contribution in [3.63, 3.8) is 0 Å². The fourth-order valence-corrected chi connectivity index (χ4v) is 2.90. The molecule has 3 rings (SSSR count). The van der Waals surface area contributed by atoms with Crippen molar-refractivity contribution in [1.29, 1.82) is 0 Å². The number of rotatable bonds is 5. The molecule has 110 valence electrons. The summed E-state index contributed by atoms with van der Waals surface area (Å²) in [5, 5.41) is 0.671. The van der Waals surface area contributed by atoms with Gasteiger partial charge in [0.05, 0.1) is 5.02 Å². The number of nitrogens with two attached hydrogens (primary N) is 1. The van der Waals surface area contributed by atoms with E-state index in [2.05, 4.69) is 6.07 Å². The second-order valence-electron chi connectivity index (χ2n) is 6.04. The third-order valence-corrected chi connectivity index (χ3v) is 4.24. The summed E-state index contributed by atoms with van der Waals surface area (Å²) in [6, 6.07) is 14.2. The topological polar surface area (TPSA) is 35.2 Å². The maximum atomic E-state index is 6.38. The first-order valence-corrected chi connectivity index (χ1v) is 7.68. The molecule has 0 spiro atoms. The lowest BCUT2D eigenvalue weighted by Gasteiger charge is -2.15. The minimum atomic E-state index is 0.00216. The molecule has 2 nitrogen and oxygen atoms in total. The van der Waals surface area contributed by atoms with Gasteiger partial charge < -0.3 is 10.5 Å². The van der Waals surface area contributed by atoms with Gasteiger partial charge in [0.25, 0.3) is 0 Å². The molecule has 2 aromatic carbocycles. The van der Waals surface area contributed by atoms with Crippen LogP contribution in [-0.4, -0.2) is 5.54 Å². The van der Waals surface area contributed by atoms with Gasteiger partial charge in [0, 0.05) is 5.54 Å². The van der Waals surface area contributed by atoms with Crippen LogP contribution < -0.4 is 10.5 Å². The van der Waals surface area contributed by atoms with Gasteiger partial charge in [-0.1, -0.05) is 48.0 Å². The van der Waals surface area contributed by atoms with E-state index in [1.54, 1.807) is 0 Å². The lowest BCUT2D eigenvalue weighted by Crippen LogP contribution is -2.24. The third-order valence-electron chi connectivity index (χ3n) is 3.96. The Morgan fingerprint density at radius 1 is 1.14 bits per heavy atom. The molecular formula is C18H20ClNO. The first kappa shape index (κ1) is 14.4. The number of benzene rings is 2. The number of hydrogen-bond acceptors (Lipinski definition) is 2. The lowest BCUT2D eigenvalue weighted by atomic mass is 10.0. The highest BCUT2D eigenvalue weighted by Crippen LogP contribution is 2.38. The largest absolute Gasteiger partial charge is 0.487 e. The Bertz CT molecular complexity index is 612. The minimum Gasteiger partial charge on any atom is -0.487 e. The predicted molar refractivity (Wildman–Crippen MR) is 86.8 cm³/mol. The summed E-state index contributed by atoms with van der Waals surface area (Å²) in [5.41, 5.74) is 9.58. The van der Waals surface area contributed by atoms with Crippen LogP contribution in [0.5, 0.6) is 5.75 Å². The standard InChI is InChI=1S/C18H20ClNO/c1-13-9-15(11-18(20)7-8-18)10-16(19)17(13)21-12-14-5-3-2-4-6-14/h2-6,9-10H,7-8,11-12,20H2,1H3. The normalized spacial score (nSPS) is 15.8. The summed E-state index contributed by atoms with van der Waals surface area (Å²) in [7, 11) is 0. The average molecular weight is 302 g/mol. The molecule has 0 heterocycles. The van der Waals surface area contributed by atoms with E-state index in [4.69, 9.17) is 22.1 Å². The van der Waals surface area contributed by atoms with Crippen molar-refractivity contribution in [3.8, 4) is 5.75 Å². The van der Waals surface area contributed by atoms with Crippen molar-refractivity contribution in [2.75, 3.05) is 0 Å². The highest BCUT2D eigenvalue weighted by molar-refractivity contribution is 6.32. The van der Waals surface area contributed by atoms with E-state index in [1.807, 2.05) is 43.3 Å². The van der Waals surface area contributed by atoms with Gasteiger partial charge >= 0.3 is 0 Å². The van der Waals surface area contributed by atoms with Gasteiger partial charge in [-0.15, -0.1) is 0 Å². The quantitative estimate of drug-likeness (QED) is 0.895. The SMILES string of the molecule is Cc1cc(CC2(N)CC2)cc(Cl)c1OCc1ccccc1. The van der Waals surface area contributed by atoms with Gasteiger partial charge in [-0.2, -0.15) is 0 Å². The maximum Gasteiger partial charge on any atom is 0.141 e. The van der Waals surface area contributed by atoms with E-state index < -0.39 is 0 Å². The van der Waals surface area contributed by atoms with Crippen LogP contribution >= 0.6 is 11.6 Å². The molecule has 2 N–H and O–H groups in total. The van der Waals surface area contributed by atoms with E-state index >= 15 is 0 Å². The molecule has 1 fully saturated rings. The molecule has 0 amide bonds. The van der Waals surface area contributed by atoms with E-state index in [0.29, 0.717) is 11.6 Å². The molecular weight excluding hydrogens is 282 g/mol. The second kappa shape index (κ2) is 5.70. The highest BCUT2D eigenvalue weighted by Gasteiger charge is 2.38. The van der Waals surface area contributed by atoms with Gasteiger partial charge in [0.15, 0.2) is 0 Å². The number of aryl methyl sites for hydroxylation is 1. The summed E-state index contributed by atoms with van der Waals surface area (Å²) in [4.78, 5) is 0. The zero-order chi connectivity index (χ0) is 14.9. The van der Waals surface area contributed by atoms with Crippen LogP contribution in [0.1, 0.15) is 29.5 Å². The van der Waals surface area contributed by atoms with E-state index in [0.717, 1.165) is 36.1 Å². The Balaban J connectivity index is 1.73. The molecule has 1 aliphatic carbocycles. The van der Waals surface area contributed by atoms with Gasteiger partial charge in [-0.3, -0.25) is 0 Å². The molecule has 0 saturated heterocycles. The summed E-state index contributed by atoms with van der Waals surface area (Å²) in [5.74, 6) is 0.770. The molecule has 2 aromatic rings. The van der Waals surface area contributed by atoms with Crippen LogP contribution in [0.15, 0.2) is 42.5 Å². The van der Waals surface area contributed by atoms with Gasteiger partial charge in [0.2, 0.25) is 0 Å². The van der Waals surface area contributed by atoms with Crippen LogP contribution in [0, 0.1) is 6.92 Å². The molecule has 0 aliphatic heterocycles. The first-order chi connectivity index (χ1) is 10.1. The molecule has 21 heavy (non-hydrogen) atoms. The highest BCUT2D eigenvalue weighted by atomic mass is 35.5. The van der Waals surface area contributed by atoms with Crippen molar-refractivity contribution in [3.05, 3.63) is 64.2 Å². The molecule has 0 aromatic heterocycles. The van der Waals surface area contributed by atoms with E-state index in [9.17, 15) is 0 Å². The molecule has 0 atom stereocenters. The van der Waals surface area contributed by atoms with Crippen molar-refractivity contribution >= 4 is 11.6 Å². The molecule has 0 unspecified atom stereocenters. The first-order valence-electron chi connectivity index (χ1n) is 7.30. The van der Waals surface area contributed by atoms with Gasteiger partial charge in [-0.05, 0) is 48.9 Å². The Labute approximate surface area is 130 Å². The fourth-order valence-electron chi connectivity index (χ4n) is 2.56. The van der Waals surface area contributed by atoms with Crippen molar-refractivity contribution < 1.29 is 4.74 Å². The number of halogens is 1. The predicted octanol–water partition coefficient (Wildman–Crippen LogP) is 4.26. The van der Waals surface area contributed by atoms with Crippen LogP contribution in [0.4, 0.5) is 0 Å². The zero-order valence-electron chi connectivity index (χ0n) is 12.2. The molecule has 0 radical (unpaired) electrons. The van der Waals surface area contributed by atoms with E-state index in [-0.39, 0.29) is 5.54 Å². The molecule has 1 aliphatic rings. The summed E-state index contributed by atoms with van der Waals surface area (Å²) in [6.07, 6.45) is 3.11. The van der Waals surface area contributed by atoms with Crippen molar-refractivity contribution in [1.82, 2.24) is 0 Å². The third kappa shape index (κ3) is 3.58. The van der Waals surface area contributed by atoms with Gasteiger partial charge in [-0.25, -0.2) is 0 Å². The summed E-state index contributed by atoms with van der Waals surface area (Å²) >= 11 is 6.38. The second-order valence-corrected chi connectivity index (χ2v) is 6.44. The zero-order valence-corrected chi connectivity index (χ0v) is 13.0. The van der Waals surface area contributed by atoms with Crippen molar-refractivity contribution in [2.24, 2.45) is 5.73 Å². The monoisotopic (exact) mass is 301 g/mol. The Hall–Kier alpha value is -1.51. The molecule has 1 saturated carbocycles. The van der Waals surface area contributed by atoms with Crippen LogP contribution in [-0.2, 0) is 13.0 Å². The number of hydrogen-bond donors (Lipinski definition) is 1. The Morgan fingerprint density at radius 3 is 2.48 bits per heavy atom. The summed E-state index contributed by atoms with van der Waals surface area (Å²) < 4.78 is 5.89. The maximum absolute atomic E-state index is 6.38.